The maximum absolute atomic E-state index is 3.90. The molecule has 4 rings (SSSR count). The van der Waals surface area contributed by atoms with Crippen LogP contribution in [0.1, 0.15) is 31.2 Å². The molecular formula is C16H21NS. The Balaban J connectivity index is 1.34. The zero-order chi connectivity index (χ0) is 11.9. The van der Waals surface area contributed by atoms with Crippen LogP contribution in [0.4, 0.5) is 0 Å². The SMILES string of the molecule is c1ccc2c(c1)CC(CNC(C1CC1)C1CC1)S2. The lowest BCUT2D eigenvalue weighted by Gasteiger charge is -2.20. The Morgan fingerprint density at radius 1 is 1.11 bits per heavy atom. The van der Waals surface area contributed by atoms with E-state index in [-0.39, 0.29) is 0 Å². The van der Waals surface area contributed by atoms with Gasteiger partial charge < -0.3 is 5.32 Å². The van der Waals surface area contributed by atoms with E-state index < -0.39 is 0 Å². The molecule has 2 fully saturated rings. The predicted molar refractivity (Wildman–Crippen MR) is 77.0 cm³/mol. The van der Waals surface area contributed by atoms with E-state index >= 15 is 0 Å². The number of rotatable bonds is 5. The summed E-state index contributed by atoms with van der Waals surface area (Å²) in [5, 5.41) is 4.67. The molecule has 3 aliphatic rings. The van der Waals surface area contributed by atoms with Crippen molar-refractivity contribution >= 4 is 11.8 Å². The van der Waals surface area contributed by atoms with Crippen LogP contribution in [0.15, 0.2) is 29.2 Å². The number of hydrogen-bond donors (Lipinski definition) is 1. The third-order valence-electron chi connectivity index (χ3n) is 4.55. The number of benzene rings is 1. The topological polar surface area (TPSA) is 12.0 Å². The molecule has 18 heavy (non-hydrogen) atoms. The van der Waals surface area contributed by atoms with E-state index in [0.717, 1.165) is 23.1 Å². The first-order chi connectivity index (χ1) is 8.90. The van der Waals surface area contributed by atoms with Crippen LogP contribution in [0.5, 0.6) is 0 Å². The van der Waals surface area contributed by atoms with Gasteiger partial charge in [0, 0.05) is 22.7 Å². The highest BCUT2D eigenvalue weighted by molar-refractivity contribution is 8.00. The molecule has 2 saturated carbocycles. The van der Waals surface area contributed by atoms with Crippen molar-refractivity contribution in [1.82, 2.24) is 5.32 Å². The maximum Gasteiger partial charge on any atom is 0.0260 e. The molecule has 0 spiro atoms. The van der Waals surface area contributed by atoms with E-state index in [1.807, 2.05) is 0 Å². The van der Waals surface area contributed by atoms with Gasteiger partial charge in [-0.3, -0.25) is 0 Å². The summed E-state index contributed by atoms with van der Waals surface area (Å²) < 4.78 is 0. The van der Waals surface area contributed by atoms with Gasteiger partial charge in [0.2, 0.25) is 0 Å². The summed E-state index contributed by atoms with van der Waals surface area (Å²) in [5.41, 5.74) is 1.56. The van der Waals surface area contributed by atoms with Crippen LogP contribution in [0.3, 0.4) is 0 Å². The molecule has 0 bridgehead atoms. The van der Waals surface area contributed by atoms with Gasteiger partial charge in [-0.25, -0.2) is 0 Å². The Labute approximate surface area is 114 Å². The Bertz CT molecular complexity index is 399. The van der Waals surface area contributed by atoms with Gasteiger partial charge in [0.1, 0.15) is 0 Å². The van der Waals surface area contributed by atoms with Crippen molar-refractivity contribution in [2.75, 3.05) is 6.54 Å². The van der Waals surface area contributed by atoms with Crippen LogP contribution in [-0.2, 0) is 6.42 Å². The molecule has 96 valence electrons. The van der Waals surface area contributed by atoms with Crippen LogP contribution in [-0.4, -0.2) is 17.8 Å². The molecule has 1 unspecified atom stereocenters. The quantitative estimate of drug-likeness (QED) is 0.869. The van der Waals surface area contributed by atoms with Crippen molar-refractivity contribution in [2.24, 2.45) is 11.8 Å². The number of hydrogen-bond acceptors (Lipinski definition) is 2. The molecule has 0 aromatic heterocycles. The summed E-state index contributed by atoms with van der Waals surface area (Å²) in [6.45, 7) is 1.21. The van der Waals surface area contributed by atoms with Gasteiger partial charge in [-0.2, -0.15) is 0 Å². The summed E-state index contributed by atoms with van der Waals surface area (Å²) in [7, 11) is 0. The monoisotopic (exact) mass is 259 g/mol. The van der Waals surface area contributed by atoms with Gasteiger partial charge in [0.25, 0.3) is 0 Å². The van der Waals surface area contributed by atoms with Gasteiger partial charge >= 0.3 is 0 Å². The Hall–Kier alpha value is -0.470. The Morgan fingerprint density at radius 3 is 2.50 bits per heavy atom. The van der Waals surface area contributed by atoms with Crippen molar-refractivity contribution in [3.63, 3.8) is 0 Å². The minimum atomic E-state index is 0.766. The predicted octanol–water partition coefficient (Wildman–Crippen LogP) is 3.48. The van der Waals surface area contributed by atoms with Gasteiger partial charge in [-0.05, 0) is 55.6 Å². The first-order valence-corrected chi connectivity index (χ1v) is 8.26. The lowest BCUT2D eigenvalue weighted by atomic mass is 10.1. The van der Waals surface area contributed by atoms with Crippen LogP contribution in [0, 0.1) is 11.8 Å². The zero-order valence-electron chi connectivity index (χ0n) is 10.8. The molecule has 1 nitrogen and oxygen atoms in total. The molecule has 1 heterocycles. The molecule has 1 aromatic rings. The molecule has 1 N–H and O–H groups in total. The van der Waals surface area contributed by atoms with Gasteiger partial charge in [-0.15, -0.1) is 11.8 Å². The van der Waals surface area contributed by atoms with Crippen LogP contribution < -0.4 is 5.32 Å². The standard InChI is InChI=1S/C16H21NS/c1-2-4-15-13(3-1)9-14(18-15)10-17-16(11-5-6-11)12-7-8-12/h1-4,11-12,14,16-17H,5-10H2. The summed E-state index contributed by atoms with van der Waals surface area (Å²) in [4.78, 5) is 1.51. The van der Waals surface area contributed by atoms with Crippen molar-refractivity contribution in [1.29, 1.82) is 0 Å². The fourth-order valence-corrected chi connectivity index (χ4v) is 4.53. The third-order valence-corrected chi connectivity index (χ3v) is 5.87. The van der Waals surface area contributed by atoms with Gasteiger partial charge in [-0.1, -0.05) is 18.2 Å². The Kier molecular flexibility index (Phi) is 2.89. The highest BCUT2D eigenvalue weighted by Gasteiger charge is 2.41. The summed E-state index contributed by atoms with van der Waals surface area (Å²) in [5.74, 6) is 2.04. The fraction of sp³-hybridized carbons (Fsp3) is 0.625. The highest BCUT2D eigenvalue weighted by atomic mass is 32.2. The highest BCUT2D eigenvalue weighted by Crippen LogP contribution is 2.45. The van der Waals surface area contributed by atoms with Crippen molar-refractivity contribution < 1.29 is 0 Å². The number of nitrogens with one attached hydrogen (secondary N) is 1. The van der Waals surface area contributed by atoms with Crippen molar-refractivity contribution in [3.8, 4) is 0 Å². The first-order valence-electron chi connectivity index (χ1n) is 7.38. The maximum atomic E-state index is 3.90. The Morgan fingerprint density at radius 2 is 1.83 bits per heavy atom. The van der Waals surface area contributed by atoms with Crippen LogP contribution in [0.2, 0.25) is 0 Å². The molecule has 0 amide bonds. The minimum Gasteiger partial charge on any atom is -0.312 e. The van der Waals surface area contributed by atoms with Crippen LogP contribution >= 0.6 is 11.8 Å². The molecule has 2 heteroatoms. The second-order valence-electron chi connectivity index (χ2n) is 6.16. The summed E-state index contributed by atoms with van der Waals surface area (Å²) >= 11 is 2.08. The van der Waals surface area contributed by atoms with Gasteiger partial charge in [0.15, 0.2) is 0 Å². The smallest absolute Gasteiger partial charge is 0.0260 e. The molecule has 1 aliphatic heterocycles. The average molecular weight is 259 g/mol. The lowest BCUT2D eigenvalue weighted by Crippen LogP contribution is -2.37. The zero-order valence-corrected chi connectivity index (χ0v) is 11.6. The minimum absolute atomic E-state index is 0.766. The molecule has 0 radical (unpaired) electrons. The molecular weight excluding hydrogens is 238 g/mol. The molecule has 1 aromatic carbocycles. The van der Waals surface area contributed by atoms with E-state index in [1.54, 1.807) is 5.56 Å². The summed E-state index contributed by atoms with van der Waals surface area (Å²) in [6.07, 6.45) is 7.17. The van der Waals surface area contributed by atoms with E-state index in [9.17, 15) is 0 Å². The normalized spacial score (nSPS) is 26.6. The van der Waals surface area contributed by atoms with Crippen LogP contribution in [0.25, 0.3) is 0 Å². The first kappa shape index (κ1) is 11.4. The third kappa shape index (κ3) is 2.33. The van der Waals surface area contributed by atoms with Gasteiger partial charge in [0.05, 0.1) is 0 Å². The average Bonchev–Trinajstić information content (AvgIpc) is 3.28. The lowest BCUT2D eigenvalue weighted by molar-refractivity contribution is 0.417. The molecule has 1 atom stereocenters. The molecule has 0 saturated heterocycles. The summed E-state index contributed by atoms with van der Waals surface area (Å²) in [6, 6.07) is 9.76. The second kappa shape index (κ2) is 4.57. The second-order valence-corrected chi connectivity index (χ2v) is 7.50. The van der Waals surface area contributed by atoms with Crippen molar-refractivity contribution in [2.45, 2.75) is 48.3 Å². The van der Waals surface area contributed by atoms with E-state index in [1.165, 1.54) is 43.5 Å². The fourth-order valence-electron chi connectivity index (χ4n) is 3.26. The van der Waals surface area contributed by atoms with Crippen molar-refractivity contribution in [3.05, 3.63) is 29.8 Å². The van der Waals surface area contributed by atoms with E-state index in [2.05, 4.69) is 41.3 Å². The number of thioether (sulfide) groups is 1. The molecule has 2 aliphatic carbocycles. The largest absolute Gasteiger partial charge is 0.312 e. The number of fused-ring (bicyclic) bond motifs is 1. The van der Waals surface area contributed by atoms with E-state index in [0.29, 0.717) is 0 Å². The van der Waals surface area contributed by atoms with E-state index in [4.69, 9.17) is 0 Å².